The van der Waals surface area contributed by atoms with Crippen LogP contribution in [0.25, 0.3) is 0 Å². The molecule has 1 rings (SSSR count). The predicted octanol–water partition coefficient (Wildman–Crippen LogP) is -11.8. The van der Waals surface area contributed by atoms with Gasteiger partial charge in [0.1, 0.15) is 0 Å². The molecular formula is C6H13B37P. The highest BCUT2D eigenvalue weighted by atomic mass is 31.1. The van der Waals surface area contributed by atoms with Gasteiger partial charge in [-0.05, 0) is 31.8 Å². The van der Waals surface area contributed by atoms with E-state index in [-0.39, 0.29) is 311 Å². The minimum Gasteiger partial charge on any atom is -0.110 e. The SMILES string of the molecule is CP1CCCCC1.[B].[B].[B].[B].[B].[B].[B].[B].[B].[B].[B].[B].[B].[B].[B].[B].[B].[B].[B].[B].[B].[B].[B].[B].[B].[B].[B].[B].[B].[B].[B].[B].[B].[B].[B].[B].[B]. The number of hydrogen-bond acceptors (Lipinski definition) is 0. The maximum Gasteiger partial charge on any atom is 0 e. The van der Waals surface area contributed by atoms with Crippen LogP contribution in [0.4, 0.5) is 0 Å². The summed E-state index contributed by atoms with van der Waals surface area (Å²) in [5.74, 6) is 0. The van der Waals surface area contributed by atoms with Crippen LogP contribution in [-0.4, -0.2) is 330 Å². The smallest absolute Gasteiger partial charge is 0 e. The van der Waals surface area contributed by atoms with Crippen molar-refractivity contribution in [3.05, 3.63) is 0 Å². The van der Waals surface area contributed by atoms with Crippen LogP contribution in [0.5, 0.6) is 0 Å². The predicted molar refractivity (Wildman–Crippen MR) is 249 cm³/mol. The van der Waals surface area contributed by atoms with E-state index in [0.717, 1.165) is 0 Å². The fourth-order valence-corrected chi connectivity index (χ4v) is 2.80. The zero-order valence-corrected chi connectivity index (χ0v) is 27.2. The van der Waals surface area contributed by atoms with Crippen LogP contribution in [0.15, 0.2) is 0 Å². The van der Waals surface area contributed by atoms with Crippen molar-refractivity contribution in [3.63, 3.8) is 0 Å². The van der Waals surface area contributed by atoms with E-state index in [9.17, 15) is 0 Å². The molecule has 0 unspecified atom stereocenters. The van der Waals surface area contributed by atoms with E-state index in [1.165, 1.54) is 19.3 Å². The average molecular weight is 516 g/mol. The van der Waals surface area contributed by atoms with E-state index >= 15 is 0 Å². The van der Waals surface area contributed by atoms with E-state index in [1.807, 2.05) is 0 Å². The third-order valence-electron chi connectivity index (χ3n) is 1.58. The summed E-state index contributed by atoms with van der Waals surface area (Å²) < 4.78 is 0. The zero-order chi connectivity index (χ0) is 5.11. The molecule has 111 radical (unpaired) electrons. The quantitative estimate of drug-likeness (QED) is 0.222. The Morgan fingerprint density at radius 3 is 0.318 bits per heavy atom. The van der Waals surface area contributed by atoms with Gasteiger partial charge in [0.25, 0.3) is 0 Å². The molecule has 0 N–H and O–H groups in total. The van der Waals surface area contributed by atoms with Crippen molar-refractivity contribution < 1.29 is 0 Å². The van der Waals surface area contributed by atoms with Gasteiger partial charge in [0, 0.05) is 311 Å². The maximum atomic E-state index is 2.43. The summed E-state index contributed by atoms with van der Waals surface area (Å²) in [6.07, 6.45) is 7.64. The second kappa shape index (κ2) is 785. The van der Waals surface area contributed by atoms with Crippen molar-refractivity contribution in [3.8, 4) is 0 Å². The molecule has 0 bridgehead atoms. The summed E-state index contributed by atoms with van der Waals surface area (Å²) in [5, 5.41) is 0. The van der Waals surface area contributed by atoms with E-state index in [2.05, 4.69) is 6.66 Å². The lowest BCUT2D eigenvalue weighted by molar-refractivity contribution is 0.754. The Kier molecular flexibility index (Phi) is 18200. The van der Waals surface area contributed by atoms with Crippen LogP contribution in [0.1, 0.15) is 19.3 Å². The third kappa shape index (κ3) is 734. The Balaban J connectivity index is -0.000000000378. The van der Waals surface area contributed by atoms with Crippen molar-refractivity contribution in [2.45, 2.75) is 19.3 Å². The van der Waals surface area contributed by atoms with Crippen LogP contribution in [0.3, 0.4) is 0 Å². The normalized spacial score (nSPS) is 4.02. The van der Waals surface area contributed by atoms with E-state index in [1.54, 1.807) is 12.3 Å². The molecule has 38 heteroatoms. The summed E-state index contributed by atoms with van der Waals surface area (Å²) in [5.41, 5.74) is 0. The standard InChI is InChI=1S/C6H13P.37B/c1-7-5-3-2-4-6-7;;;;;;;;;;;;;;;;;;;;;;;;;;;;;;;;;;;;;/h2-6H2,1H3;;;;;;;;;;;;;;;;;;;;;;;;;;;;;;;;;;;;;. The molecule has 1 aliphatic rings. The Bertz CT molecular complexity index is 74.0. The maximum absolute atomic E-state index is 2.43. The summed E-state index contributed by atoms with van der Waals surface area (Å²) in [6.45, 7) is 2.43. The number of rotatable bonds is 0. The summed E-state index contributed by atoms with van der Waals surface area (Å²) in [6, 6.07) is 0. The first kappa shape index (κ1) is 1020. The van der Waals surface area contributed by atoms with Gasteiger partial charge in [0.2, 0.25) is 0 Å². The third-order valence-corrected chi connectivity index (χ3v) is 3.74. The fourth-order valence-electron chi connectivity index (χ4n) is 1.05. The minimum atomic E-state index is 0. The first-order valence-electron chi connectivity index (χ1n) is 3.08. The van der Waals surface area contributed by atoms with Crippen LogP contribution >= 0.6 is 7.92 Å². The number of hydrogen-bond donors (Lipinski definition) is 0. The fraction of sp³-hybridized carbons (Fsp3) is 1.00. The molecule has 0 spiro atoms. The molecule has 1 fully saturated rings. The topological polar surface area (TPSA) is 0 Å². The van der Waals surface area contributed by atoms with Gasteiger partial charge >= 0.3 is 0 Å². The molecule has 0 atom stereocenters. The first-order valence-corrected chi connectivity index (χ1v) is 5.24. The van der Waals surface area contributed by atoms with Gasteiger partial charge in [-0.25, -0.2) is 0 Å². The zero-order valence-electron chi connectivity index (χ0n) is 26.3. The molecule has 1 saturated heterocycles. The molecule has 0 nitrogen and oxygen atoms in total. The lowest BCUT2D eigenvalue weighted by Gasteiger charge is -2.16. The summed E-state index contributed by atoms with van der Waals surface area (Å²) in [7, 11) is 0.508. The molecule has 153 valence electrons. The summed E-state index contributed by atoms with van der Waals surface area (Å²) in [4.78, 5) is 0. The largest absolute Gasteiger partial charge is 0.110 e. The van der Waals surface area contributed by atoms with Gasteiger partial charge in [-0.2, -0.15) is 0 Å². The first-order chi connectivity index (χ1) is 3.39. The molecule has 0 aromatic carbocycles. The molecule has 1 heterocycles. The van der Waals surface area contributed by atoms with Crippen LogP contribution < -0.4 is 0 Å². The second-order valence-corrected chi connectivity index (χ2v) is 4.97. The van der Waals surface area contributed by atoms with Crippen molar-refractivity contribution in [2.24, 2.45) is 0 Å². The Morgan fingerprint density at radius 2 is 0.273 bits per heavy atom. The molecule has 0 saturated carbocycles. The van der Waals surface area contributed by atoms with Gasteiger partial charge in [-0.3, -0.25) is 0 Å². The Morgan fingerprint density at radius 1 is 0.182 bits per heavy atom. The van der Waals surface area contributed by atoms with Crippen LogP contribution in [-0.2, 0) is 0 Å². The van der Waals surface area contributed by atoms with Crippen molar-refractivity contribution >= 4 is 319 Å². The van der Waals surface area contributed by atoms with Crippen molar-refractivity contribution in [1.82, 2.24) is 0 Å². The minimum absolute atomic E-state index is 0. The lowest BCUT2D eigenvalue weighted by Crippen LogP contribution is -1.96. The molecule has 44 heavy (non-hydrogen) atoms. The molecule has 1 aliphatic heterocycles. The van der Waals surface area contributed by atoms with E-state index in [0.29, 0.717) is 7.92 Å². The highest BCUT2D eigenvalue weighted by Gasteiger charge is 2.05. The second-order valence-electron chi connectivity index (χ2n) is 2.36. The molecule has 0 aliphatic carbocycles. The monoisotopic (exact) mass is 523 g/mol. The average Bonchev–Trinajstić information content (AvgIpc) is 1.69. The van der Waals surface area contributed by atoms with Crippen molar-refractivity contribution in [1.29, 1.82) is 0 Å². The molecule has 0 aromatic rings. The van der Waals surface area contributed by atoms with Gasteiger partial charge in [-0.1, -0.05) is 6.42 Å². The molecule has 0 amide bonds. The highest BCUT2D eigenvalue weighted by Crippen LogP contribution is 2.36. The molecular weight excluding hydrogens is 503 g/mol. The van der Waals surface area contributed by atoms with E-state index < -0.39 is 0 Å². The van der Waals surface area contributed by atoms with E-state index in [4.69, 9.17) is 0 Å². The van der Waals surface area contributed by atoms with Crippen LogP contribution in [0, 0.1) is 0 Å². The lowest BCUT2D eigenvalue weighted by atomic mass is 10.3. The van der Waals surface area contributed by atoms with Gasteiger partial charge in [0.15, 0.2) is 0 Å². The highest BCUT2D eigenvalue weighted by molar-refractivity contribution is 7.56. The Hall–Kier alpha value is 2.83. The Labute approximate surface area is 355 Å². The molecule has 0 aromatic heterocycles. The summed E-state index contributed by atoms with van der Waals surface area (Å²) >= 11 is 0. The van der Waals surface area contributed by atoms with Gasteiger partial charge < -0.3 is 0 Å². The van der Waals surface area contributed by atoms with Crippen molar-refractivity contribution in [2.75, 3.05) is 19.0 Å². The van der Waals surface area contributed by atoms with Gasteiger partial charge in [-0.15, -0.1) is 7.92 Å². The van der Waals surface area contributed by atoms with Gasteiger partial charge in [0.05, 0.1) is 0 Å². The van der Waals surface area contributed by atoms with Crippen LogP contribution in [0.2, 0.25) is 0 Å².